The van der Waals surface area contributed by atoms with Crippen molar-refractivity contribution in [1.82, 2.24) is 4.90 Å². The van der Waals surface area contributed by atoms with Crippen LogP contribution in [0.4, 0.5) is 0 Å². The molecule has 0 saturated heterocycles. The van der Waals surface area contributed by atoms with Gasteiger partial charge in [-0.05, 0) is 46.2 Å². The Labute approximate surface area is 192 Å². The first-order chi connectivity index (χ1) is 16.1. The van der Waals surface area contributed by atoms with Gasteiger partial charge in [-0.25, -0.2) is 0 Å². The van der Waals surface area contributed by atoms with E-state index in [1.807, 2.05) is 84.6 Å². The van der Waals surface area contributed by atoms with Gasteiger partial charge in [-0.15, -0.1) is 0 Å². The number of hydrogen-bond donors (Lipinski definition) is 1. The summed E-state index contributed by atoms with van der Waals surface area (Å²) in [6.07, 6.45) is 0.647. The summed E-state index contributed by atoms with van der Waals surface area (Å²) in [5, 5.41) is 12.6. The van der Waals surface area contributed by atoms with Gasteiger partial charge in [-0.3, -0.25) is 4.79 Å². The molecular formula is C29H25NO3. The molecule has 0 aliphatic carbocycles. The largest absolute Gasteiger partial charge is 0.508 e. The number of carbonyl (C=O) groups excluding carboxylic acids is 1. The second-order valence-electron chi connectivity index (χ2n) is 8.26. The summed E-state index contributed by atoms with van der Waals surface area (Å²) in [5.41, 5.74) is 3.49. The minimum atomic E-state index is -0.0357. The molecule has 1 N–H and O–H groups in total. The second-order valence-corrected chi connectivity index (χ2v) is 8.26. The van der Waals surface area contributed by atoms with Gasteiger partial charge < -0.3 is 14.4 Å². The molecule has 1 heterocycles. The molecular weight excluding hydrogens is 410 g/mol. The Morgan fingerprint density at radius 1 is 0.818 bits per heavy atom. The predicted octanol–water partition coefficient (Wildman–Crippen LogP) is 6.70. The van der Waals surface area contributed by atoms with E-state index in [9.17, 15) is 9.90 Å². The molecule has 0 atom stereocenters. The zero-order valence-corrected chi connectivity index (χ0v) is 18.5. The Morgan fingerprint density at radius 2 is 1.52 bits per heavy atom. The molecule has 4 aromatic carbocycles. The number of para-hydroxylation sites is 1. The highest BCUT2D eigenvalue weighted by Crippen LogP contribution is 2.29. The molecule has 4 nitrogen and oxygen atoms in total. The fourth-order valence-electron chi connectivity index (χ4n) is 4.34. The van der Waals surface area contributed by atoms with Crippen molar-refractivity contribution in [1.29, 1.82) is 0 Å². The van der Waals surface area contributed by atoms with E-state index in [1.165, 1.54) is 0 Å². The van der Waals surface area contributed by atoms with Gasteiger partial charge in [-0.1, -0.05) is 73.7 Å². The Bertz CT molecular complexity index is 1440. The molecule has 0 spiro atoms. The molecule has 1 aromatic heterocycles. The van der Waals surface area contributed by atoms with Crippen LogP contribution in [0.3, 0.4) is 0 Å². The fraction of sp³-hybridized carbons (Fsp3) is 0.138. The lowest BCUT2D eigenvalue weighted by atomic mass is 10.0. The molecule has 5 aromatic rings. The molecule has 0 radical (unpaired) electrons. The first kappa shape index (κ1) is 20.8. The lowest BCUT2D eigenvalue weighted by molar-refractivity contribution is 0.0729. The Hall–Kier alpha value is -4.05. The van der Waals surface area contributed by atoms with Crippen molar-refractivity contribution in [3.8, 4) is 5.75 Å². The number of phenols is 1. The highest BCUT2D eigenvalue weighted by atomic mass is 16.3. The van der Waals surface area contributed by atoms with Gasteiger partial charge in [0.1, 0.15) is 17.1 Å². The van der Waals surface area contributed by atoms with E-state index < -0.39 is 0 Å². The molecule has 0 aliphatic rings. The van der Waals surface area contributed by atoms with E-state index >= 15 is 0 Å². The van der Waals surface area contributed by atoms with E-state index in [2.05, 4.69) is 6.07 Å². The summed E-state index contributed by atoms with van der Waals surface area (Å²) < 4.78 is 6.02. The summed E-state index contributed by atoms with van der Waals surface area (Å²) in [4.78, 5) is 15.8. The molecule has 164 valence electrons. The molecule has 0 unspecified atom stereocenters. The maximum atomic E-state index is 13.9. The van der Waals surface area contributed by atoms with Crippen LogP contribution >= 0.6 is 0 Å². The highest BCUT2D eigenvalue weighted by molar-refractivity contribution is 6.07. The summed E-state index contributed by atoms with van der Waals surface area (Å²) in [6.45, 7) is 2.97. The van der Waals surface area contributed by atoms with Gasteiger partial charge in [-0.2, -0.15) is 0 Å². The van der Waals surface area contributed by atoms with E-state index in [0.29, 0.717) is 30.8 Å². The highest BCUT2D eigenvalue weighted by Gasteiger charge is 2.25. The van der Waals surface area contributed by atoms with Crippen molar-refractivity contribution in [2.75, 3.05) is 0 Å². The Balaban J connectivity index is 1.55. The number of phenolic OH excluding ortho intramolecular Hbond substituents is 1. The minimum Gasteiger partial charge on any atom is -0.508 e. The maximum Gasteiger partial charge on any atom is 0.258 e. The summed E-state index contributed by atoms with van der Waals surface area (Å²) >= 11 is 0. The normalized spacial score (nSPS) is 11.2. The SMILES string of the molecule is CCc1oc2ccccc2c1C(=O)N(Cc1ccccc1)Cc1ccc2cc(O)ccc2c1. The molecule has 33 heavy (non-hydrogen) atoms. The monoisotopic (exact) mass is 435 g/mol. The number of carbonyl (C=O) groups is 1. The number of amides is 1. The molecule has 5 rings (SSSR count). The molecule has 0 aliphatic heterocycles. The van der Waals surface area contributed by atoms with Crippen LogP contribution in [0, 0.1) is 0 Å². The number of aromatic hydroxyl groups is 1. The first-order valence-corrected chi connectivity index (χ1v) is 11.2. The third-order valence-electron chi connectivity index (χ3n) is 5.97. The second kappa shape index (κ2) is 8.83. The standard InChI is InChI=1S/C29H25NO3/c1-2-26-28(25-10-6-7-11-27(25)33-26)29(32)30(18-20-8-4-3-5-9-20)19-21-12-13-23-17-24(31)15-14-22(23)16-21/h3-17,31H,2,18-19H2,1H3. The number of fused-ring (bicyclic) bond motifs is 2. The molecule has 0 saturated carbocycles. The van der Waals surface area contributed by atoms with Crippen LogP contribution < -0.4 is 0 Å². The topological polar surface area (TPSA) is 53.7 Å². The zero-order chi connectivity index (χ0) is 22.8. The third kappa shape index (κ3) is 4.20. The number of nitrogens with zero attached hydrogens (tertiary/aromatic N) is 1. The quantitative estimate of drug-likeness (QED) is 0.323. The van der Waals surface area contributed by atoms with Crippen molar-refractivity contribution in [2.45, 2.75) is 26.4 Å². The lowest BCUT2D eigenvalue weighted by Crippen LogP contribution is -2.30. The molecule has 1 amide bonds. The van der Waals surface area contributed by atoms with E-state index in [4.69, 9.17) is 4.42 Å². The van der Waals surface area contributed by atoms with Gasteiger partial charge in [0.15, 0.2) is 0 Å². The number of rotatable bonds is 6. The smallest absolute Gasteiger partial charge is 0.258 e. The van der Waals surface area contributed by atoms with Crippen LogP contribution in [0.15, 0.2) is 95.4 Å². The zero-order valence-electron chi connectivity index (χ0n) is 18.5. The maximum absolute atomic E-state index is 13.9. The van der Waals surface area contributed by atoms with Gasteiger partial charge >= 0.3 is 0 Å². The fourth-order valence-corrected chi connectivity index (χ4v) is 4.34. The van der Waals surface area contributed by atoms with Crippen LogP contribution in [-0.4, -0.2) is 15.9 Å². The average molecular weight is 436 g/mol. The van der Waals surface area contributed by atoms with Crippen LogP contribution in [0.5, 0.6) is 5.75 Å². The van der Waals surface area contributed by atoms with Crippen LogP contribution in [-0.2, 0) is 19.5 Å². The van der Waals surface area contributed by atoms with Crippen molar-refractivity contribution < 1.29 is 14.3 Å². The Morgan fingerprint density at radius 3 is 2.33 bits per heavy atom. The van der Waals surface area contributed by atoms with Crippen molar-refractivity contribution in [3.05, 3.63) is 113 Å². The van der Waals surface area contributed by atoms with Gasteiger partial charge in [0, 0.05) is 24.9 Å². The predicted molar refractivity (Wildman–Crippen MR) is 131 cm³/mol. The van der Waals surface area contributed by atoms with Crippen molar-refractivity contribution in [2.24, 2.45) is 0 Å². The van der Waals surface area contributed by atoms with Crippen molar-refractivity contribution in [3.63, 3.8) is 0 Å². The minimum absolute atomic E-state index is 0.0357. The lowest BCUT2D eigenvalue weighted by Gasteiger charge is -2.23. The van der Waals surface area contributed by atoms with Gasteiger partial charge in [0.25, 0.3) is 5.91 Å². The molecule has 4 heteroatoms. The summed E-state index contributed by atoms with van der Waals surface area (Å²) in [7, 11) is 0. The van der Waals surface area contributed by atoms with Crippen molar-refractivity contribution >= 4 is 27.6 Å². The molecule has 0 bridgehead atoms. The third-order valence-corrected chi connectivity index (χ3v) is 5.97. The van der Waals surface area contributed by atoms with Crippen LogP contribution in [0.2, 0.25) is 0 Å². The van der Waals surface area contributed by atoms with E-state index in [1.54, 1.807) is 12.1 Å². The van der Waals surface area contributed by atoms with E-state index in [-0.39, 0.29) is 11.7 Å². The van der Waals surface area contributed by atoms with Gasteiger partial charge in [0.2, 0.25) is 0 Å². The van der Waals surface area contributed by atoms with Gasteiger partial charge in [0.05, 0.1) is 5.56 Å². The number of hydrogen-bond acceptors (Lipinski definition) is 3. The summed E-state index contributed by atoms with van der Waals surface area (Å²) in [5.74, 6) is 0.926. The number of furan rings is 1. The summed E-state index contributed by atoms with van der Waals surface area (Å²) in [6, 6.07) is 29.2. The number of aryl methyl sites for hydroxylation is 1. The first-order valence-electron chi connectivity index (χ1n) is 11.2. The average Bonchev–Trinajstić information content (AvgIpc) is 3.22. The molecule has 0 fully saturated rings. The Kier molecular flexibility index (Phi) is 5.57. The van der Waals surface area contributed by atoms with Crippen LogP contribution in [0.1, 0.15) is 34.2 Å². The van der Waals surface area contributed by atoms with E-state index in [0.717, 1.165) is 32.9 Å². The van der Waals surface area contributed by atoms with Crippen LogP contribution in [0.25, 0.3) is 21.7 Å². The number of benzene rings is 4.